The summed E-state index contributed by atoms with van der Waals surface area (Å²) in [6, 6.07) is 12.5. The van der Waals surface area contributed by atoms with Crippen LogP contribution in [0.4, 0.5) is 0 Å². The molecular formula is C18H17Cl2NO. The van der Waals surface area contributed by atoms with Crippen LogP contribution >= 0.6 is 23.2 Å². The summed E-state index contributed by atoms with van der Waals surface area (Å²) in [6.07, 6.45) is 2.51. The van der Waals surface area contributed by atoms with Crippen molar-refractivity contribution in [3.05, 3.63) is 69.2 Å². The van der Waals surface area contributed by atoms with Gasteiger partial charge >= 0.3 is 0 Å². The Morgan fingerprint density at radius 1 is 0.955 bits per heavy atom. The van der Waals surface area contributed by atoms with Crippen LogP contribution in [0.15, 0.2) is 42.5 Å². The first-order valence-corrected chi connectivity index (χ1v) is 8.20. The van der Waals surface area contributed by atoms with Gasteiger partial charge in [0, 0.05) is 27.7 Å². The highest BCUT2D eigenvalue weighted by Gasteiger charge is 2.15. The molecule has 0 radical (unpaired) electrons. The van der Waals surface area contributed by atoms with Gasteiger partial charge in [-0.3, -0.25) is 9.69 Å². The maximum atomic E-state index is 12.5. The lowest BCUT2D eigenvalue weighted by atomic mass is 10.0. The average Bonchev–Trinajstić information content (AvgIpc) is 3.02. The Morgan fingerprint density at radius 2 is 1.59 bits per heavy atom. The number of ketones is 1. The zero-order valence-corrected chi connectivity index (χ0v) is 13.7. The molecule has 2 aromatic rings. The molecule has 0 N–H and O–H groups in total. The lowest BCUT2D eigenvalue weighted by molar-refractivity contribution is 0.103. The van der Waals surface area contributed by atoms with E-state index in [0.717, 1.165) is 25.2 Å². The Hall–Kier alpha value is -1.35. The zero-order valence-electron chi connectivity index (χ0n) is 12.2. The van der Waals surface area contributed by atoms with Gasteiger partial charge in [-0.2, -0.15) is 0 Å². The van der Waals surface area contributed by atoms with Gasteiger partial charge in [0.2, 0.25) is 0 Å². The minimum atomic E-state index is -0.0358. The Bertz CT molecular complexity index is 676. The zero-order chi connectivity index (χ0) is 15.5. The Morgan fingerprint density at radius 3 is 2.23 bits per heavy atom. The molecule has 1 aliphatic rings. The molecule has 0 spiro atoms. The predicted octanol–water partition coefficient (Wildman–Crippen LogP) is 4.82. The standard InChI is InChI=1S/C18H17Cl2NO/c19-16-7-5-13(6-8-16)18(22)14-3-4-15(17(20)11-14)12-21-9-1-2-10-21/h3-8,11H,1-2,9-10,12H2. The molecule has 1 fully saturated rings. The van der Waals surface area contributed by atoms with Crippen LogP contribution in [0.5, 0.6) is 0 Å². The fourth-order valence-corrected chi connectivity index (χ4v) is 3.13. The Balaban J connectivity index is 1.78. The van der Waals surface area contributed by atoms with Crippen molar-refractivity contribution in [2.45, 2.75) is 19.4 Å². The number of halogens is 2. The van der Waals surface area contributed by atoms with Gasteiger partial charge in [0.05, 0.1) is 0 Å². The molecule has 0 amide bonds. The van der Waals surface area contributed by atoms with Gasteiger partial charge in [0.1, 0.15) is 0 Å². The highest BCUT2D eigenvalue weighted by Crippen LogP contribution is 2.23. The molecule has 2 aromatic carbocycles. The van der Waals surface area contributed by atoms with Gasteiger partial charge in [0.25, 0.3) is 0 Å². The highest BCUT2D eigenvalue weighted by atomic mass is 35.5. The molecule has 1 saturated heterocycles. The molecule has 3 rings (SSSR count). The molecule has 0 saturated carbocycles. The summed E-state index contributed by atoms with van der Waals surface area (Å²) >= 11 is 12.2. The fraction of sp³-hybridized carbons (Fsp3) is 0.278. The molecule has 4 heteroatoms. The summed E-state index contributed by atoms with van der Waals surface area (Å²) in [5.74, 6) is -0.0358. The lowest BCUT2D eigenvalue weighted by Crippen LogP contribution is -2.18. The summed E-state index contributed by atoms with van der Waals surface area (Å²) in [6.45, 7) is 3.11. The number of carbonyl (C=O) groups excluding carboxylic acids is 1. The van der Waals surface area contributed by atoms with Crippen LogP contribution in [0.1, 0.15) is 34.3 Å². The van der Waals surface area contributed by atoms with Crippen LogP contribution in [0.3, 0.4) is 0 Å². The summed E-state index contributed by atoms with van der Waals surface area (Å²) in [5, 5.41) is 1.28. The summed E-state index contributed by atoms with van der Waals surface area (Å²) in [5.41, 5.74) is 2.31. The van der Waals surface area contributed by atoms with Gasteiger partial charge in [-0.1, -0.05) is 35.3 Å². The summed E-state index contributed by atoms with van der Waals surface area (Å²) < 4.78 is 0. The fourth-order valence-electron chi connectivity index (χ4n) is 2.77. The molecule has 22 heavy (non-hydrogen) atoms. The quantitative estimate of drug-likeness (QED) is 0.747. The smallest absolute Gasteiger partial charge is 0.193 e. The monoisotopic (exact) mass is 333 g/mol. The molecular weight excluding hydrogens is 317 g/mol. The predicted molar refractivity (Wildman–Crippen MR) is 90.8 cm³/mol. The number of carbonyl (C=O) groups is 1. The first-order chi connectivity index (χ1) is 10.6. The van der Waals surface area contributed by atoms with E-state index in [1.165, 1.54) is 12.8 Å². The van der Waals surface area contributed by atoms with Gasteiger partial charge in [-0.05, 0) is 61.8 Å². The first kappa shape index (κ1) is 15.5. The lowest BCUT2D eigenvalue weighted by Gasteiger charge is -2.16. The van der Waals surface area contributed by atoms with E-state index in [9.17, 15) is 4.79 Å². The number of rotatable bonds is 4. The van der Waals surface area contributed by atoms with E-state index < -0.39 is 0 Å². The van der Waals surface area contributed by atoms with Crippen molar-refractivity contribution >= 4 is 29.0 Å². The molecule has 0 aliphatic carbocycles. The van der Waals surface area contributed by atoms with Crippen LogP contribution in [0.25, 0.3) is 0 Å². The van der Waals surface area contributed by atoms with Gasteiger partial charge in [-0.15, -0.1) is 0 Å². The first-order valence-electron chi connectivity index (χ1n) is 7.44. The van der Waals surface area contributed by atoms with Crippen LogP contribution in [-0.2, 0) is 6.54 Å². The van der Waals surface area contributed by atoms with E-state index in [2.05, 4.69) is 4.90 Å². The van der Waals surface area contributed by atoms with Gasteiger partial charge in [-0.25, -0.2) is 0 Å². The minimum absolute atomic E-state index is 0.0358. The van der Waals surface area contributed by atoms with Crippen molar-refractivity contribution < 1.29 is 4.79 Å². The van der Waals surface area contributed by atoms with Crippen LogP contribution in [0, 0.1) is 0 Å². The van der Waals surface area contributed by atoms with Gasteiger partial charge < -0.3 is 0 Å². The number of benzene rings is 2. The maximum Gasteiger partial charge on any atom is 0.193 e. The molecule has 1 heterocycles. The third-order valence-electron chi connectivity index (χ3n) is 4.01. The molecule has 0 atom stereocenters. The maximum absolute atomic E-state index is 12.5. The number of nitrogens with zero attached hydrogens (tertiary/aromatic N) is 1. The van der Waals surface area contributed by atoms with Gasteiger partial charge in [0.15, 0.2) is 5.78 Å². The van der Waals surface area contributed by atoms with Crippen LogP contribution in [0.2, 0.25) is 10.0 Å². The third kappa shape index (κ3) is 3.52. The minimum Gasteiger partial charge on any atom is -0.299 e. The van der Waals surface area contributed by atoms with E-state index in [1.54, 1.807) is 30.3 Å². The van der Waals surface area contributed by atoms with E-state index in [4.69, 9.17) is 23.2 Å². The summed E-state index contributed by atoms with van der Waals surface area (Å²) in [4.78, 5) is 14.8. The molecule has 0 unspecified atom stereocenters. The van der Waals surface area contributed by atoms with Crippen molar-refractivity contribution in [3.8, 4) is 0 Å². The normalized spacial score (nSPS) is 15.2. The van der Waals surface area contributed by atoms with Crippen molar-refractivity contribution in [1.29, 1.82) is 0 Å². The Kier molecular flexibility index (Phi) is 4.82. The molecule has 0 aromatic heterocycles. The van der Waals surface area contributed by atoms with Crippen molar-refractivity contribution in [2.75, 3.05) is 13.1 Å². The van der Waals surface area contributed by atoms with E-state index >= 15 is 0 Å². The molecule has 2 nitrogen and oxygen atoms in total. The highest BCUT2D eigenvalue weighted by molar-refractivity contribution is 6.32. The second-order valence-electron chi connectivity index (χ2n) is 5.63. The number of hydrogen-bond acceptors (Lipinski definition) is 2. The molecule has 114 valence electrons. The SMILES string of the molecule is O=C(c1ccc(Cl)cc1)c1ccc(CN2CCCC2)c(Cl)c1. The second kappa shape index (κ2) is 6.82. The third-order valence-corrected chi connectivity index (χ3v) is 4.62. The number of likely N-dealkylation sites (tertiary alicyclic amines) is 1. The van der Waals surface area contributed by atoms with E-state index in [0.29, 0.717) is 21.2 Å². The van der Waals surface area contributed by atoms with Crippen molar-refractivity contribution in [1.82, 2.24) is 4.90 Å². The Labute approximate surface area is 140 Å². The van der Waals surface area contributed by atoms with Crippen molar-refractivity contribution in [2.24, 2.45) is 0 Å². The largest absolute Gasteiger partial charge is 0.299 e. The molecule has 0 bridgehead atoms. The van der Waals surface area contributed by atoms with Crippen LogP contribution < -0.4 is 0 Å². The second-order valence-corrected chi connectivity index (χ2v) is 6.47. The molecule has 1 aliphatic heterocycles. The van der Waals surface area contributed by atoms with Crippen molar-refractivity contribution in [3.63, 3.8) is 0 Å². The topological polar surface area (TPSA) is 20.3 Å². The van der Waals surface area contributed by atoms with E-state index in [1.807, 2.05) is 12.1 Å². The number of hydrogen-bond donors (Lipinski definition) is 0. The summed E-state index contributed by atoms with van der Waals surface area (Å²) in [7, 11) is 0. The van der Waals surface area contributed by atoms with E-state index in [-0.39, 0.29) is 5.78 Å². The average molecular weight is 334 g/mol. The van der Waals surface area contributed by atoms with Crippen LogP contribution in [-0.4, -0.2) is 23.8 Å².